The Labute approximate surface area is 146 Å². The second kappa shape index (κ2) is 6.16. The fourth-order valence-electron chi connectivity index (χ4n) is 2.55. The van der Waals surface area contributed by atoms with Crippen LogP contribution in [0.3, 0.4) is 0 Å². The van der Waals surface area contributed by atoms with Gasteiger partial charge in [-0.05, 0) is 24.3 Å². The van der Waals surface area contributed by atoms with E-state index in [-0.39, 0.29) is 11.4 Å². The molecule has 0 saturated carbocycles. The zero-order valence-corrected chi connectivity index (χ0v) is 13.8. The summed E-state index contributed by atoms with van der Waals surface area (Å²) in [6.45, 7) is 0. The molecule has 0 radical (unpaired) electrons. The second-order valence-corrected chi connectivity index (χ2v) is 5.38. The van der Waals surface area contributed by atoms with Gasteiger partial charge in [-0.1, -0.05) is 0 Å². The lowest BCUT2D eigenvalue weighted by Crippen LogP contribution is -2.40. The van der Waals surface area contributed by atoms with Crippen LogP contribution in [0.15, 0.2) is 49.1 Å². The lowest BCUT2D eigenvalue weighted by Gasteiger charge is -2.35. The lowest BCUT2D eigenvalue weighted by molar-refractivity contribution is -0.385. The fourth-order valence-corrected chi connectivity index (χ4v) is 2.55. The molecule has 1 aliphatic rings. The molecule has 2 aromatic heterocycles. The van der Waals surface area contributed by atoms with Crippen molar-refractivity contribution in [2.24, 2.45) is 0 Å². The maximum Gasteiger partial charge on any atom is 0.307 e. The third-order valence-corrected chi connectivity index (χ3v) is 4.05. The third kappa shape index (κ3) is 2.66. The number of hydrogen-bond acceptors (Lipinski definition) is 8. The van der Waals surface area contributed by atoms with Crippen LogP contribution >= 0.6 is 0 Å². The van der Waals surface area contributed by atoms with E-state index in [2.05, 4.69) is 10.2 Å². The summed E-state index contributed by atoms with van der Waals surface area (Å²) < 4.78 is 13.5. The number of aromatic nitrogens is 4. The van der Waals surface area contributed by atoms with Gasteiger partial charge in [0, 0.05) is 14.2 Å². The standard InChI is InChI=1S/C14H14N6O6/c1-25-13(17-9-11(7-15-17)19(21)22)3-5-14(26-2,6-4-13)18-10-12(8-16-18)20(23)24/h3-10H,1-2H3. The molecule has 12 nitrogen and oxygen atoms in total. The Morgan fingerprint density at radius 1 is 0.846 bits per heavy atom. The normalized spacial score (nSPS) is 24.7. The first kappa shape index (κ1) is 17.4. The molecule has 0 atom stereocenters. The van der Waals surface area contributed by atoms with Crippen molar-refractivity contribution in [1.82, 2.24) is 19.6 Å². The highest BCUT2D eigenvalue weighted by molar-refractivity contribution is 5.30. The van der Waals surface area contributed by atoms with Crippen LogP contribution in [0.1, 0.15) is 0 Å². The Kier molecular flexibility index (Phi) is 4.13. The minimum absolute atomic E-state index is 0.186. The number of nitro groups is 2. The summed E-state index contributed by atoms with van der Waals surface area (Å²) in [7, 11) is 2.83. The fraction of sp³-hybridized carbons (Fsp3) is 0.286. The summed E-state index contributed by atoms with van der Waals surface area (Å²) in [5.74, 6) is 0. The molecule has 0 N–H and O–H groups in total. The Bertz CT molecular complexity index is 826. The molecule has 136 valence electrons. The van der Waals surface area contributed by atoms with Crippen molar-refractivity contribution < 1.29 is 19.3 Å². The summed E-state index contributed by atoms with van der Waals surface area (Å²) in [4.78, 5) is 20.6. The Morgan fingerprint density at radius 2 is 1.19 bits per heavy atom. The highest BCUT2D eigenvalue weighted by Gasteiger charge is 2.38. The zero-order valence-electron chi connectivity index (χ0n) is 13.8. The maximum atomic E-state index is 10.9. The van der Waals surface area contributed by atoms with E-state index in [9.17, 15) is 20.2 Å². The van der Waals surface area contributed by atoms with Crippen LogP contribution in [0, 0.1) is 20.2 Å². The molecule has 3 rings (SSSR count). The molecule has 0 aromatic carbocycles. The molecule has 1 aliphatic carbocycles. The van der Waals surface area contributed by atoms with Crippen molar-refractivity contribution in [2.75, 3.05) is 14.2 Å². The van der Waals surface area contributed by atoms with E-state index in [1.54, 1.807) is 24.3 Å². The molecule has 0 bridgehead atoms. The van der Waals surface area contributed by atoms with Gasteiger partial charge in [0.1, 0.15) is 24.8 Å². The van der Waals surface area contributed by atoms with Gasteiger partial charge in [-0.3, -0.25) is 20.2 Å². The predicted octanol–water partition coefficient (Wildman–Crippen LogP) is 1.32. The monoisotopic (exact) mass is 362 g/mol. The second-order valence-electron chi connectivity index (χ2n) is 5.38. The van der Waals surface area contributed by atoms with Crippen molar-refractivity contribution >= 4 is 11.4 Å². The lowest BCUT2D eigenvalue weighted by atomic mass is 10.0. The number of hydrogen-bond donors (Lipinski definition) is 0. The van der Waals surface area contributed by atoms with Crippen molar-refractivity contribution in [2.45, 2.75) is 11.4 Å². The molecule has 2 aromatic rings. The minimum atomic E-state index is -1.21. The van der Waals surface area contributed by atoms with E-state index < -0.39 is 21.3 Å². The van der Waals surface area contributed by atoms with Crippen molar-refractivity contribution in [3.05, 3.63) is 69.3 Å². The first-order valence-electron chi connectivity index (χ1n) is 7.26. The average molecular weight is 362 g/mol. The number of nitrogens with zero attached hydrogens (tertiary/aromatic N) is 6. The molecular weight excluding hydrogens is 348 g/mol. The van der Waals surface area contributed by atoms with Crippen LogP contribution in [-0.4, -0.2) is 43.6 Å². The summed E-state index contributed by atoms with van der Waals surface area (Å²) in [5.41, 5.74) is -2.80. The van der Waals surface area contributed by atoms with E-state index in [1.807, 2.05) is 0 Å². The van der Waals surface area contributed by atoms with E-state index in [0.717, 1.165) is 12.4 Å². The smallest absolute Gasteiger partial charge is 0.307 e. The molecule has 0 spiro atoms. The quantitative estimate of drug-likeness (QED) is 0.425. The highest BCUT2D eigenvalue weighted by atomic mass is 16.6. The van der Waals surface area contributed by atoms with Crippen LogP contribution in [0.25, 0.3) is 0 Å². The summed E-state index contributed by atoms with van der Waals surface area (Å²) in [5, 5.41) is 29.7. The van der Waals surface area contributed by atoms with E-state index in [4.69, 9.17) is 9.47 Å². The Morgan fingerprint density at radius 3 is 1.42 bits per heavy atom. The minimum Gasteiger partial charge on any atom is -0.350 e. The predicted molar refractivity (Wildman–Crippen MR) is 86.0 cm³/mol. The van der Waals surface area contributed by atoms with Crippen molar-refractivity contribution in [3.63, 3.8) is 0 Å². The Hall–Kier alpha value is -3.38. The van der Waals surface area contributed by atoms with Crippen LogP contribution in [0.4, 0.5) is 11.4 Å². The molecule has 0 unspecified atom stereocenters. The topological polar surface area (TPSA) is 140 Å². The van der Waals surface area contributed by atoms with Gasteiger partial charge in [0.2, 0.25) is 0 Å². The molecule has 0 amide bonds. The van der Waals surface area contributed by atoms with Crippen LogP contribution in [0.2, 0.25) is 0 Å². The van der Waals surface area contributed by atoms with Crippen LogP contribution in [-0.2, 0) is 20.9 Å². The van der Waals surface area contributed by atoms with Crippen LogP contribution < -0.4 is 0 Å². The molecular formula is C14H14N6O6. The molecule has 0 fully saturated rings. The first-order valence-corrected chi connectivity index (χ1v) is 7.26. The number of rotatable bonds is 6. The van der Waals surface area contributed by atoms with Gasteiger partial charge in [0.25, 0.3) is 0 Å². The first-order chi connectivity index (χ1) is 12.4. The molecule has 12 heteroatoms. The summed E-state index contributed by atoms with van der Waals surface area (Å²) in [6, 6.07) is 0. The molecule has 26 heavy (non-hydrogen) atoms. The van der Waals surface area contributed by atoms with Gasteiger partial charge in [-0.25, -0.2) is 9.36 Å². The number of methoxy groups -OCH3 is 2. The van der Waals surface area contributed by atoms with Gasteiger partial charge < -0.3 is 9.47 Å². The summed E-state index contributed by atoms with van der Waals surface area (Å²) >= 11 is 0. The van der Waals surface area contributed by atoms with Gasteiger partial charge in [-0.15, -0.1) is 0 Å². The SMILES string of the molecule is COC1(n2cc([N+](=O)[O-])cn2)C=CC(OC)(n2cc([N+](=O)[O-])cn2)C=C1. The molecule has 0 saturated heterocycles. The van der Waals surface area contributed by atoms with Crippen LogP contribution in [0.5, 0.6) is 0 Å². The highest BCUT2D eigenvalue weighted by Crippen LogP contribution is 2.34. The van der Waals surface area contributed by atoms with Gasteiger partial charge >= 0.3 is 11.4 Å². The maximum absolute atomic E-state index is 10.9. The molecule has 2 heterocycles. The largest absolute Gasteiger partial charge is 0.350 e. The van der Waals surface area contributed by atoms with Gasteiger partial charge in [-0.2, -0.15) is 10.2 Å². The van der Waals surface area contributed by atoms with E-state index in [1.165, 1.54) is 36.0 Å². The average Bonchev–Trinajstić information content (AvgIpc) is 3.32. The summed E-state index contributed by atoms with van der Waals surface area (Å²) in [6.07, 6.45) is 11.0. The molecule has 0 aliphatic heterocycles. The zero-order chi connectivity index (χ0) is 18.9. The third-order valence-electron chi connectivity index (χ3n) is 4.05. The van der Waals surface area contributed by atoms with Crippen molar-refractivity contribution in [3.8, 4) is 0 Å². The van der Waals surface area contributed by atoms with Gasteiger partial charge in [0.05, 0.1) is 9.85 Å². The number of ether oxygens (including phenoxy) is 2. The van der Waals surface area contributed by atoms with E-state index in [0.29, 0.717) is 0 Å². The van der Waals surface area contributed by atoms with Gasteiger partial charge in [0.15, 0.2) is 11.4 Å². The van der Waals surface area contributed by atoms with E-state index >= 15 is 0 Å². The Balaban J connectivity index is 1.98. The van der Waals surface area contributed by atoms with Crippen molar-refractivity contribution in [1.29, 1.82) is 0 Å².